The van der Waals surface area contributed by atoms with Crippen molar-refractivity contribution in [1.29, 1.82) is 0 Å². The lowest BCUT2D eigenvalue weighted by Crippen LogP contribution is -2.60. The highest BCUT2D eigenvalue weighted by atomic mass is 15.1. The summed E-state index contributed by atoms with van der Waals surface area (Å²) < 4.78 is 2.53. The predicted molar refractivity (Wildman–Crippen MR) is 125 cm³/mol. The predicted octanol–water partition coefficient (Wildman–Crippen LogP) is 6.03. The zero-order valence-electron chi connectivity index (χ0n) is 18.4. The van der Waals surface area contributed by atoms with Crippen LogP contribution in [0.15, 0.2) is 72.9 Å². The van der Waals surface area contributed by atoms with Crippen LogP contribution in [0.3, 0.4) is 0 Å². The fourth-order valence-electron chi connectivity index (χ4n) is 6.81. The Morgan fingerprint density at radius 2 is 1.45 bits per heavy atom. The van der Waals surface area contributed by atoms with Crippen molar-refractivity contribution >= 4 is 0 Å². The van der Waals surface area contributed by atoms with Gasteiger partial charge in [-0.3, -0.25) is 0 Å². The lowest BCUT2D eigenvalue weighted by atomic mass is 9.66. The Bertz CT molecular complexity index is 1420. The van der Waals surface area contributed by atoms with Crippen LogP contribution in [0.25, 0.3) is 11.1 Å². The average Bonchev–Trinajstić information content (AvgIpc) is 3.16. The molecule has 0 fully saturated rings. The summed E-state index contributed by atoms with van der Waals surface area (Å²) in [5.41, 5.74) is 16.3. The van der Waals surface area contributed by atoms with Crippen molar-refractivity contribution in [2.24, 2.45) is 0 Å². The Labute approximate surface area is 184 Å². The van der Waals surface area contributed by atoms with Crippen molar-refractivity contribution in [1.82, 2.24) is 0 Å². The van der Waals surface area contributed by atoms with Gasteiger partial charge in [-0.1, -0.05) is 54.6 Å². The first-order valence-electron chi connectivity index (χ1n) is 11.4. The smallest absolute Gasteiger partial charge is 0.192 e. The third-order valence-electron chi connectivity index (χ3n) is 7.99. The van der Waals surface area contributed by atoms with Gasteiger partial charge in [-0.15, -0.1) is 0 Å². The number of pyridine rings is 1. The maximum atomic E-state index is 2.53. The van der Waals surface area contributed by atoms with Gasteiger partial charge in [-0.25, -0.2) is 0 Å². The standard InChI is InChI=1S/C30H26N/c1-18-11-12-22-17-21-14-13-20-16-19-8-4-5-9-23(19)25(20)26(21)28-24-10-6-7-15-31(24)30(2,3)29(18)27(22)28/h4-15,28H,16-17H2,1-3H3/q+1. The summed E-state index contributed by atoms with van der Waals surface area (Å²) in [6, 6.07) is 25.3. The maximum absolute atomic E-state index is 2.53. The van der Waals surface area contributed by atoms with E-state index in [0.717, 1.165) is 12.8 Å². The van der Waals surface area contributed by atoms with E-state index < -0.39 is 0 Å². The minimum absolute atomic E-state index is 0.0596. The molecular formula is C30H26N+. The number of nitrogens with zero attached hydrogens (tertiary/aromatic N) is 1. The highest BCUT2D eigenvalue weighted by Crippen LogP contribution is 2.53. The third-order valence-corrected chi connectivity index (χ3v) is 7.99. The summed E-state index contributed by atoms with van der Waals surface area (Å²) in [5, 5.41) is 0. The molecule has 7 rings (SSSR count). The number of aryl methyl sites for hydroxylation is 1. The van der Waals surface area contributed by atoms with Gasteiger partial charge < -0.3 is 0 Å². The van der Waals surface area contributed by atoms with Gasteiger partial charge in [-0.2, -0.15) is 4.57 Å². The largest absolute Gasteiger partial charge is 0.194 e. The van der Waals surface area contributed by atoms with Crippen molar-refractivity contribution in [3.63, 3.8) is 0 Å². The molecule has 0 spiro atoms. The van der Waals surface area contributed by atoms with E-state index in [-0.39, 0.29) is 5.54 Å². The van der Waals surface area contributed by atoms with Gasteiger partial charge >= 0.3 is 0 Å². The monoisotopic (exact) mass is 400 g/mol. The number of rotatable bonds is 0. The molecule has 0 N–H and O–H groups in total. The molecule has 4 aromatic rings. The molecule has 0 saturated carbocycles. The van der Waals surface area contributed by atoms with Gasteiger partial charge in [0.25, 0.3) is 0 Å². The fourth-order valence-corrected chi connectivity index (χ4v) is 6.81. The van der Waals surface area contributed by atoms with Crippen LogP contribution in [0.4, 0.5) is 0 Å². The number of benzene rings is 3. The molecular weight excluding hydrogens is 374 g/mol. The van der Waals surface area contributed by atoms with E-state index in [1.165, 1.54) is 50.2 Å². The van der Waals surface area contributed by atoms with E-state index in [0.29, 0.717) is 5.92 Å². The zero-order chi connectivity index (χ0) is 20.9. The molecule has 2 aliphatic carbocycles. The molecule has 31 heavy (non-hydrogen) atoms. The van der Waals surface area contributed by atoms with Crippen LogP contribution in [-0.2, 0) is 18.4 Å². The van der Waals surface area contributed by atoms with Gasteiger partial charge in [0.05, 0.1) is 5.92 Å². The first-order chi connectivity index (χ1) is 15.1. The number of hydrogen-bond acceptors (Lipinski definition) is 0. The van der Waals surface area contributed by atoms with E-state index in [2.05, 4.69) is 98.3 Å². The van der Waals surface area contributed by atoms with Gasteiger partial charge in [0.15, 0.2) is 17.4 Å². The van der Waals surface area contributed by atoms with Crippen LogP contribution in [-0.4, -0.2) is 0 Å². The second-order valence-electron chi connectivity index (χ2n) is 10.0. The van der Waals surface area contributed by atoms with Crippen LogP contribution in [0.5, 0.6) is 0 Å². The third kappa shape index (κ3) is 2.09. The number of hydrogen-bond donors (Lipinski definition) is 0. The van der Waals surface area contributed by atoms with Gasteiger partial charge in [-0.05, 0) is 69.8 Å². The first-order valence-corrected chi connectivity index (χ1v) is 11.4. The highest BCUT2D eigenvalue weighted by molar-refractivity contribution is 5.83. The lowest BCUT2D eigenvalue weighted by molar-refractivity contribution is -0.756. The lowest BCUT2D eigenvalue weighted by Gasteiger charge is -2.40. The molecule has 3 aliphatic rings. The molecule has 1 aliphatic heterocycles. The Balaban J connectivity index is 1.63. The maximum Gasteiger partial charge on any atom is 0.194 e. The van der Waals surface area contributed by atoms with Crippen LogP contribution < -0.4 is 4.57 Å². The molecule has 2 heterocycles. The van der Waals surface area contributed by atoms with E-state index in [1.54, 1.807) is 11.1 Å². The van der Waals surface area contributed by atoms with E-state index in [9.17, 15) is 0 Å². The summed E-state index contributed by atoms with van der Waals surface area (Å²) in [6.07, 6.45) is 4.38. The van der Waals surface area contributed by atoms with Gasteiger partial charge in [0.1, 0.15) is 0 Å². The van der Waals surface area contributed by atoms with Crippen molar-refractivity contribution in [3.05, 3.63) is 123 Å². The van der Waals surface area contributed by atoms with Gasteiger partial charge in [0, 0.05) is 31.5 Å². The van der Waals surface area contributed by atoms with Crippen molar-refractivity contribution in [2.75, 3.05) is 0 Å². The molecule has 1 heteroatoms. The molecule has 0 amide bonds. The van der Waals surface area contributed by atoms with Crippen molar-refractivity contribution in [3.8, 4) is 11.1 Å². The van der Waals surface area contributed by atoms with Gasteiger partial charge in [0.2, 0.25) is 0 Å². The minimum Gasteiger partial charge on any atom is -0.192 e. The van der Waals surface area contributed by atoms with E-state index >= 15 is 0 Å². The molecule has 3 aromatic carbocycles. The molecule has 1 unspecified atom stereocenters. The van der Waals surface area contributed by atoms with E-state index in [4.69, 9.17) is 0 Å². The summed E-state index contributed by atoms with van der Waals surface area (Å²) in [5.74, 6) is 0.295. The molecule has 0 saturated heterocycles. The van der Waals surface area contributed by atoms with Crippen LogP contribution in [0.2, 0.25) is 0 Å². The first kappa shape index (κ1) is 17.5. The van der Waals surface area contributed by atoms with Crippen LogP contribution in [0.1, 0.15) is 70.0 Å². The van der Waals surface area contributed by atoms with Crippen LogP contribution in [0, 0.1) is 6.92 Å². The summed E-state index contributed by atoms with van der Waals surface area (Å²) in [7, 11) is 0. The van der Waals surface area contributed by atoms with E-state index in [1.807, 2.05) is 0 Å². The molecule has 1 atom stereocenters. The van der Waals surface area contributed by atoms with Crippen molar-refractivity contribution in [2.45, 2.75) is 45.1 Å². The zero-order valence-corrected chi connectivity index (χ0v) is 18.4. The Morgan fingerprint density at radius 3 is 2.35 bits per heavy atom. The quantitative estimate of drug-likeness (QED) is 0.274. The number of fused-ring (bicyclic) bond motifs is 8. The highest BCUT2D eigenvalue weighted by Gasteiger charge is 2.49. The van der Waals surface area contributed by atoms with Crippen LogP contribution >= 0.6 is 0 Å². The Hall–Kier alpha value is -3.19. The Kier molecular flexibility index (Phi) is 3.23. The summed E-state index contributed by atoms with van der Waals surface area (Å²) >= 11 is 0. The second-order valence-corrected chi connectivity index (χ2v) is 10.0. The molecule has 1 nitrogen and oxygen atoms in total. The van der Waals surface area contributed by atoms with Crippen molar-refractivity contribution < 1.29 is 4.57 Å². The topological polar surface area (TPSA) is 3.88 Å². The molecule has 150 valence electrons. The Morgan fingerprint density at radius 1 is 0.742 bits per heavy atom. The fraction of sp³-hybridized carbons (Fsp3) is 0.233. The molecule has 0 radical (unpaired) electrons. The molecule has 0 bridgehead atoms. The SMILES string of the molecule is Cc1ccc2c3c1C(C)(C)[n+]1ccccc1C3c1c(ccc3c1-c1ccccc1C3)C2. The summed E-state index contributed by atoms with van der Waals surface area (Å²) in [4.78, 5) is 0. The minimum atomic E-state index is -0.0596. The number of aromatic nitrogens is 1. The second kappa shape index (κ2) is 5.73. The summed E-state index contributed by atoms with van der Waals surface area (Å²) in [6.45, 7) is 7.06. The average molecular weight is 401 g/mol. The normalized spacial score (nSPS) is 18.5. The molecule has 1 aromatic heterocycles.